The average molecular weight is 168 g/mol. The smallest absolute Gasteiger partial charge is 0.0785 e. The van der Waals surface area contributed by atoms with E-state index in [0.29, 0.717) is 10.8 Å². The van der Waals surface area contributed by atoms with Crippen LogP contribution >= 0.6 is 0 Å². The van der Waals surface area contributed by atoms with E-state index >= 15 is 0 Å². The molecule has 70 valence electrons. The molecule has 2 fully saturated rings. The molecule has 1 aliphatic heterocycles. The molecule has 1 heteroatoms. The first-order valence-electron chi connectivity index (χ1n) is 5.05. The van der Waals surface area contributed by atoms with Crippen molar-refractivity contribution in [3.63, 3.8) is 0 Å². The predicted octanol–water partition coefficient (Wildman–Crippen LogP) is 2.99. The summed E-state index contributed by atoms with van der Waals surface area (Å²) in [5.41, 5.74) is 1.03. The van der Waals surface area contributed by atoms with Crippen molar-refractivity contribution in [2.24, 2.45) is 10.8 Å². The van der Waals surface area contributed by atoms with Crippen LogP contribution < -0.4 is 0 Å². The lowest BCUT2D eigenvalue weighted by Gasteiger charge is -2.65. The molecule has 2 rings (SSSR count). The van der Waals surface area contributed by atoms with Crippen LogP contribution in [-0.4, -0.2) is 12.2 Å². The van der Waals surface area contributed by atoms with E-state index in [-0.39, 0.29) is 5.60 Å². The highest BCUT2D eigenvalue weighted by Crippen LogP contribution is 2.66. The molecule has 1 aliphatic carbocycles. The lowest BCUT2D eigenvalue weighted by atomic mass is 9.44. The van der Waals surface area contributed by atoms with E-state index in [4.69, 9.17) is 4.74 Å². The third-order valence-corrected chi connectivity index (χ3v) is 4.09. The SMILES string of the molecule is CC1(C)CC(C)(C)C12CCCO2. The number of hydrogen-bond acceptors (Lipinski definition) is 1. The Balaban J connectivity index is 2.30. The second kappa shape index (κ2) is 2.06. The monoisotopic (exact) mass is 168 g/mol. The van der Waals surface area contributed by atoms with Crippen LogP contribution in [0.4, 0.5) is 0 Å². The molecule has 0 bridgehead atoms. The maximum atomic E-state index is 6.01. The zero-order valence-electron chi connectivity index (χ0n) is 8.74. The van der Waals surface area contributed by atoms with Crippen molar-refractivity contribution in [3.8, 4) is 0 Å². The molecule has 0 amide bonds. The largest absolute Gasteiger partial charge is 0.374 e. The van der Waals surface area contributed by atoms with Crippen LogP contribution in [0.5, 0.6) is 0 Å². The topological polar surface area (TPSA) is 9.23 Å². The van der Waals surface area contributed by atoms with E-state index in [1.54, 1.807) is 0 Å². The first-order chi connectivity index (χ1) is 5.41. The van der Waals surface area contributed by atoms with E-state index < -0.39 is 0 Å². The molecule has 1 spiro atoms. The van der Waals surface area contributed by atoms with Gasteiger partial charge in [0.25, 0.3) is 0 Å². The predicted molar refractivity (Wildman–Crippen MR) is 50.1 cm³/mol. The van der Waals surface area contributed by atoms with Crippen LogP contribution in [0.3, 0.4) is 0 Å². The van der Waals surface area contributed by atoms with Crippen LogP contribution in [0.25, 0.3) is 0 Å². The minimum Gasteiger partial charge on any atom is -0.374 e. The van der Waals surface area contributed by atoms with E-state index in [9.17, 15) is 0 Å². The molecule has 0 aromatic carbocycles. The first kappa shape index (κ1) is 8.55. The Labute approximate surface area is 75.5 Å². The van der Waals surface area contributed by atoms with Gasteiger partial charge in [-0.1, -0.05) is 27.7 Å². The zero-order chi connectivity index (χ0) is 9.04. The molecule has 2 aliphatic rings. The van der Waals surface area contributed by atoms with Gasteiger partial charge in [-0.3, -0.25) is 0 Å². The Hall–Kier alpha value is -0.0400. The Kier molecular flexibility index (Phi) is 1.47. The van der Waals surface area contributed by atoms with Crippen molar-refractivity contribution in [1.82, 2.24) is 0 Å². The van der Waals surface area contributed by atoms with Crippen molar-refractivity contribution in [2.45, 2.75) is 52.6 Å². The molecule has 1 saturated heterocycles. The number of hydrogen-bond donors (Lipinski definition) is 0. The summed E-state index contributed by atoms with van der Waals surface area (Å²) in [5.74, 6) is 0. The van der Waals surface area contributed by atoms with Crippen molar-refractivity contribution >= 4 is 0 Å². The highest BCUT2D eigenvalue weighted by atomic mass is 16.5. The molecule has 0 unspecified atom stereocenters. The van der Waals surface area contributed by atoms with E-state index in [2.05, 4.69) is 27.7 Å². The lowest BCUT2D eigenvalue weighted by molar-refractivity contribution is -0.250. The zero-order valence-corrected chi connectivity index (χ0v) is 8.74. The van der Waals surface area contributed by atoms with Gasteiger partial charge in [0.2, 0.25) is 0 Å². The molecule has 0 N–H and O–H groups in total. The summed E-state index contributed by atoms with van der Waals surface area (Å²) < 4.78 is 6.01. The summed E-state index contributed by atoms with van der Waals surface area (Å²) in [6.45, 7) is 10.4. The molecule has 1 heterocycles. The van der Waals surface area contributed by atoms with Gasteiger partial charge in [-0.25, -0.2) is 0 Å². The van der Waals surface area contributed by atoms with Gasteiger partial charge in [0.15, 0.2) is 0 Å². The van der Waals surface area contributed by atoms with Gasteiger partial charge >= 0.3 is 0 Å². The number of rotatable bonds is 0. The standard InChI is InChI=1S/C11H20O/c1-9(2)8-10(3,4)11(9)6-5-7-12-11/h5-8H2,1-4H3. The summed E-state index contributed by atoms with van der Waals surface area (Å²) in [6.07, 6.45) is 3.83. The van der Waals surface area contributed by atoms with Gasteiger partial charge in [-0.05, 0) is 30.1 Å². The molecule has 1 saturated carbocycles. The number of ether oxygens (including phenoxy) is 1. The summed E-state index contributed by atoms with van der Waals surface area (Å²) in [6, 6.07) is 0. The van der Waals surface area contributed by atoms with Crippen LogP contribution in [0.15, 0.2) is 0 Å². The third kappa shape index (κ3) is 0.736. The summed E-state index contributed by atoms with van der Waals surface area (Å²) in [5, 5.41) is 0. The summed E-state index contributed by atoms with van der Waals surface area (Å²) in [4.78, 5) is 0. The molecule has 0 aromatic heterocycles. The second-order valence-electron chi connectivity index (χ2n) is 5.72. The van der Waals surface area contributed by atoms with E-state index in [0.717, 1.165) is 6.61 Å². The molecule has 0 atom stereocenters. The van der Waals surface area contributed by atoms with Gasteiger partial charge in [-0.15, -0.1) is 0 Å². The van der Waals surface area contributed by atoms with Gasteiger partial charge < -0.3 is 4.74 Å². The fraction of sp³-hybridized carbons (Fsp3) is 1.00. The Morgan fingerprint density at radius 1 is 1.00 bits per heavy atom. The molecule has 12 heavy (non-hydrogen) atoms. The Bertz CT molecular complexity index is 181. The average Bonchev–Trinajstić information content (AvgIpc) is 2.31. The van der Waals surface area contributed by atoms with Crippen molar-refractivity contribution in [3.05, 3.63) is 0 Å². The van der Waals surface area contributed by atoms with Gasteiger partial charge in [0.05, 0.1) is 5.60 Å². The highest BCUT2D eigenvalue weighted by Gasteiger charge is 2.66. The summed E-state index contributed by atoms with van der Waals surface area (Å²) >= 11 is 0. The van der Waals surface area contributed by atoms with Crippen LogP contribution in [0.1, 0.15) is 47.0 Å². The maximum absolute atomic E-state index is 6.01. The van der Waals surface area contributed by atoms with E-state index in [1.165, 1.54) is 19.3 Å². The Morgan fingerprint density at radius 2 is 1.58 bits per heavy atom. The molecule has 1 nitrogen and oxygen atoms in total. The quantitative estimate of drug-likeness (QED) is 0.540. The van der Waals surface area contributed by atoms with Crippen LogP contribution in [0.2, 0.25) is 0 Å². The van der Waals surface area contributed by atoms with Crippen LogP contribution in [-0.2, 0) is 4.74 Å². The van der Waals surface area contributed by atoms with Gasteiger partial charge in [0.1, 0.15) is 0 Å². The van der Waals surface area contributed by atoms with Crippen molar-refractivity contribution < 1.29 is 4.74 Å². The minimum atomic E-state index is 0.208. The fourth-order valence-corrected chi connectivity index (χ4v) is 3.91. The molecular formula is C11H20O. The normalized spacial score (nSPS) is 35.0. The van der Waals surface area contributed by atoms with Crippen molar-refractivity contribution in [2.75, 3.05) is 6.61 Å². The fourth-order valence-electron chi connectivity index (χ4n) is 3.91. The third-order valence-electron chi connectivity index (χ3n) is 4.09. The minimum absolute atomic E-state index is 0.208. The lowest BCUT2D eigenvalue weighted by Crippen LogP contribution is -2.66. The van der Waals surface area contributed by atoms with Crippen LogP contribution in [0, 0.1) is 10.8 Å². The Morgan fingerprint density at radius 3 is 1.83 bits per heavy atom. The molecular weight excluding hydrogens is 148 g/mol. The second-order valence-corrected chi connectivity index (χ2v) is 5.72. The van der Waals surface area contributed by atoms with Gasteiger partial charge in [-0.2, -0.15) is 0 Å². The van der Waals surface area contributed by atoms with Gasteiger partial charge in [0, 0.05) is 6.61 Å². The van der Waals surface area contributed by atoms with E-state index in [1.807, 2.05) is 0 Å². The van der Waals surface area contributed by atoms with Crippen molar-refractivity contribution in [1.29, 1.82) is 0 Å². The summed E-state index contributed by atoms with van der Waals surface area (Å²) in [7, 11) is 0. The highest BCUT2D eigenvalue weighted by molar-refractivity contribution is 5.16. The molecule has 0 aromatic rings. The maximum Gasteiger partial charge on any atom is 0.0785 e. The molecule has 0 radical (unpaired) electrons. The first-order valence-corrected chi connectivity index (χ1v) is 5.05.